The molecule has 1 aromatic heterocycles. The predicted molar refractivity (Wildman–Crippen MR) is 62.6 cm³/mol. The fourth-order valence-electron chi connectivity index (χ4n) is 2.15. The van der Waals surface area contributed by atoms with Crippen molar-refractivity contribution in [3.63, 3.8) is 0 Å². The van der Waals surface area contributed by atoms with E-state index in [4.69, 9.17) is 10.5 Å². The van der Waals surface area contributed by atoms with Gasteiger partial charge in [-0.1, -0.05) is 0 Å². The Kier molecular flexibility index (Phi) is 3.24. The summed E-state index contributed by atoms with van der Waals surface area (Å²) in [7, 11) is 1.61. The molecule has 0 saturated carbocycles. The highest BCUT2D eigenvalue weighted by atomic mass is 16.5. The molecule has 1 aliphatic rings. The van der Waals surface area contributed by atoms with Gasteiger partial charge in [-0.25, -0.2) is 9.97 Å². The minimum absolute atomic E-state index is 0.315. The first-order chi connectivity index (χ1) is 7.70. The first-order valence-corrected chi connectivity index (χ1v) is 5.59. The number of nitrogens with two attached hydrogens (primary N) is 1. The number of nitrogens with zero attached hydrogens (tertiary/aromatic N) is 3. The van der Waals surface area contributed by atoms with Crippen LogP contribution < -0.4 is 15.4 Å². The van der Waals surface area contributed by atoms with Crippen LogP contribution in [-0.2, 0) is 0 Å². The number of piperidine rings is 1. The Bertz CT molecular complexity index is 358. The van der Waals surface area contributed by atoms with Crippen LogP contribution in [0.2, 0.25) is 0 Å². The molecule has 0 aliphatic carbocycles. The molecule has 5 nitrogen and oxygen atoms in total. The van der Waals surface area contributed by atoms with Crippen molar-refractivity contribution in [2.24, 2.45) is 5.73 Å². The van der Waals surface area contributed by atoms with E-state index in [1.807, 2.05) is 6.07 Å². The molecule has 0 aromatic carbocycles. The van der Waals surface area contributed by atoms with Gasteiger partial charge in [0.2, 0.25) is 5.88 Å². The van der Waals surface area contributed by atoms with Gasteiger partial charge in [-0.2, -0.15) is 0 Å². The van der Waals surface area contributed by atoms with Crippen molar-refractivity contribution in [1.29, 1.82) is 0 Å². The summed E-state index contributed by atoms with van der Waals surface area (Å²) in [4.78, 5) is 10.5. The Morgan fingerprint density at radius 2 is 2.31 bits per heavy atom. The molecule has 1 aromatic rings. The van der Waals surface area contributed by atoms with Gasteiger partial charge in [-0.15, -0.1) is 0 Å². The van der Waals surface area contributed by atoms with Gasteiger partial charge in [0, 0.05) is 24.7 Å². The molecule has 2 atom stereocenters. The van der Waals surface area contributed by atoms with Gasteiger partial charge in [0.25, 0.3) is 0 Å². The van der Waals surface area contributed by atoms with Crippen LogP contribution in [0.15, 0.2) is 12.4 Å². The summed E-state index contributed by atoms with van der Waals surface area (Å²) in [6.45, 7) is 3.12. The number of aromatic nitrogens is 2. The van der Waals surface area contributed by atoms with Crippen LogP contribution in [0.3, 0.4) is 0 Å². The fraction of sp³-hybridized carbons (Fsp3) is 0.636. The Balaban J connectivity index is 2.16. The van der Waals surface area contributed by atoms with Gasteiger partial charge in [-0.05, 0) is 19.8 Å². The van der Waals surface area contributed by atoms with Gasteiger partial charge in [-0.3, -0.25) is 0 Å². The third-order valence-electron chi connectivity index (χ3n) is 3.05. The molecule has 2 N–H and O–H groups in total. The van der Waals surface area contributed by atoms with Crippen molar-refractivity contribution in [1.82, 2.24) is 9.97 Å². The number of ether oxygens (including phenoxy) is 1. The van der Waals surface area contributed by atoms with Crippen LogP contribution in [0.4, 0.5) is 5.82 Å². The zero-order valence-electron chi connectivity index (χ0n) is 9.76. The molecule has 0 bridgehead atoms. The van der Waals surface area contributed by atoms with Crippen molar-refractivity contribution in [3.05, 3.63) is 12.4 Å². The summed E-state index contributed by atoms with van der Waals surface area (Å²) in [5, 5.41) is 0. The van der Waals surface area contributed by atoms with Gasteiger partial charge in [0.05, 0.1) is 7.11 Å². The zero-order chi connectivity index (χ0) is 11.5. The van der Waals surface area contributed by atoms with E-state index in [0.29, 0.717) is 18.0 Å². The molecule has 1 saturated heterocycles. The van der Waals surface area contributed by atoms with E-state index in [-0.39, 0.29) is 0 Å². The third kappa shape index (κ3) is 2.24. The quantitative estimate of drug-likeness (QED) is 0.802. The maximum atomic E-state index is 5.94. The minimum atomic E-state index is 0.315. The summed E-state index contributed by atoms with van der Waals surface area (Å²) in [6, 6.07) is 2.60. The molecular weight excluding hydrogens is 204 g/mol. The molecule has 5 heteroatoms. The van der Waals surface area contributed by atoms with Crippen molar-refractivity contribution in [2.45, 2.75) is 31.8 Å². The van der Waals surface area contributed by atoms with Crippen molar-refractivity contribution >= 4 is 5.82 Å². The molecule has 2 heterocycles. The van der Waals surface area contributed by atoms with Gasteiger partial charge >= 0.3 is 0 Å². The number of hydrogen-bond donors (Lipinski definition) is 1. The summed E-state index contributed by atoms with van der Waals surface area (Å²) < 4.78 is 5.10. The normalized spacial score (nSPS) is 25.6. The molecular formula is C11H18N4O. The van der Waals surface area contributed by atoms with Crippen molar-refractivity contribution in [2.75, 3.05) is 18.6 Å². The molecule has 0 radical (unpaired) electrons. The van der Waals surface area contributed by atoms with E-state index in [2.05, 4.69) is 21.8 Å². The Hall–Kier alpha value is -1.36. The minimum Gasteiger partial charge on any atom is -0.481 e. The Labute approximate surface area is 95.6 Å². The average molecular weight is 222 g/mol. The number of hydrogen-bond acceptors (Lipinski definition) is 5. The molecule has 2 unspecified atom stereocenters. The number of anilines is 1. The van der Waals surface area contributed by atoms with E-state index in [0.717, 1.165) is 25.2 Å². The third-order valence-corrected chi connectivity index (χ3v) is 3.05. The van der Waals surface area contributed by atoms with Crippen molar-refractivity contribution < 1.29 is 4.74 Å². The average Bonchev–Trinajstić information content (AvgIpc) is 2.29. The smallest absolute Gasteiger partial charge is 0.218 e. The van der Waals surface area contributed by atoms with Crippen LogP contribution in [0.25, 0.3) is 0 Å². The van der Waals surface area contributed by atoms with Gasteiger partial charge in [0.15, 0.2) is 0 Å². The lowest BCUT2D eigenvalue weighted by atomic mass is 9.99. The highest BCUT2D eigenvalue weighted by Gasteiger charge is 2.24. The molecule has 16 heavy (non-hydrogen) atoms. The highest BCUT2D eigenvalue weighted by molar-refractivity contribution is 5.42. The summed E-state index contributed by atoms with van der Waals surface area (Å²) >= 11 is 0. The lowest BCUT2D eigenvalue weighted by molar-refractivity contribution is 0.394. The zero-order valence-corrected chi connectivity index (χ0v) is 9.76. The summed E-state index contributed by atoms with van der Waals surface area (Å²) in [5.41, 5.74) is 5.94. The highest BCUT2D eigenvalue weighted by Crippen LogP contribution is 2.23. The maximum Gasteiger partial charge on any atom is 0.218 e. The topological polar surface area (TPSA) is 64.3 Å². The van der Waals surface area contributed by atoms with Crippen LogP contribution in [0.1, 0.15) is 19.8 Å². The second kappa shape index (κ2) is 4.65. The van der Waals surface area contributed by atoms with E-state index >= 15 is 0 Å². The van der Waals surface area contributed by atoms with Crippen molar-refractivity contribution in [3.8, 4) is 5.88 Å². The maximum absolute atomic E-state index is 5.94. The largest absolute Gasteiger partial charge is 0.481 e. The van der Waals surface area contributed by atoms with Crippen LogP contribution in [0, 0.1) is 0 Å². The Morgan fingerprint density at radius 3 is 3.00 bits per heavy atom. The molecule has 2 rings (SSSR count). The monoisotopic (exact) mass is 222 g/mol. The lowest BCUT2D eigenvalue weighted by Gasteiger charge is -2.37. The second-order valence-corrected chi connectivity index (χ2v) is 4.25. The molecule has 0 amide bonds. The van der Waals surface area contributed by atoms with Gasteiger partial charge < -0.3 is 15.4 Å². The number of rotatable bonds is 2. The molecule has 0 spiro atoms. The lowest BCUT2D eigenvalue weighted by Crippen LogP contribution is -2.46. The number of methoxy groups -OCH3 is 1. The summed E-state index contributed by atoms with van der Waals surface area (Å²) in [6.07, 6.45) is 3.55. The first-order valence-electron chi connectivity index (χ1n) is 5.59. The fourth-order valence-corrected chi connectivity index (χ4v) is 2.15. The standard InChI is InChI=1S/C11H18N4O/c1-8-5-9(12)3-4-15(8)10-6-11(16-2)14-7-13-10/h6-9H,3-5,12H2,1-2H3. The predicted octanol–water partition coefficient (Wildman–Crippen LogP) is 0.801. The van der Waals surface area contributed by atoms with E-state index in [9.17, 15) is 0 Å². The van der Waals surface area contributed by atoms with Gasteiger partial charge in [0.1, 0.15) is 12.1 Å². The SMILES string of the molecule is COc1cc(N2CCC(N)CC2C)ncn1. The molecule has 88 valence electrons. The first kappa shape index (κ1) is 11.1. The van der Waals surface area contributed by atoms with E-state index < -0.39 is 0 Å². The van der Waals surface area contributed by atoms with Crippen LogP contribution >= 0.6 is 0 Å². The molecule has 1 fully saturated rings. The Morgan fingerprint density at radius 1 is 1.50 bits per heavy atom. The second-order valence-electron chi connectivity index (χ2n) is 4.25. The van der Waals surface area contributed by atoms with Crippen LogP contribution in [0.5, 0.6) is 5.88 Å². The van der Waals surface area contributed by atoms with E-state index in [1.165, 1.54) is 6.33 Å². The summed E-state index contributed by atoms with van der Waals surface area (Å²) in [5.74, 6) is 1.53. The van der Waals surface area contributed by atoms with E-state index in [1.54, 1.807) is 7.11 Å². The van der Waals surface area contributed by atoms with Crippen LogP contribution in [-0.4, -0.2) is 35.7 Å². The molecule has 1 aliphatic heterocycles.